The van der Waals surface area contributed by atoms with Crippen LogP contribution >= 0.6 is 0 Å². The van der Waals surface area contributed by atoms with Gasteiger partial charge in [0.15, 0.2) is 0 Å². The van der Waals surface area contributed by atoms with Crippen LogP contribution in [-0.4, -0.2) is 18.2 Å². The summed E-state index contributed by atoms with van der Waals surface area (Å²) in [6.07, 6.45) is -1.68. The number of nitrogens with one attached hydrogen (secondary N) is 1. The average molecular weight is 285 g/mol. The van der Waals surface area contributed by atoms with Crippen molar-refractivity contribution in [1.82, 2.24) is 5.32 Å². The molecule has 0 aromatic carbocycles. The molecule has 2 amide bonds. The van der Waals surface area contributed by atoms with Crippen molar-refractivity contribution in [2.24, 2.45) is 0 Å². The number of imide groups is 1. The summed E-state index contributed by atoms with van der Waals surface area (Å²) in [5.74, 6) is -1.08. The van der Waals surface area contributed by atoms with Gasteiger partial charge >= 0.3 is 5.63 Å². The molecule has 0 radical (unpaired) electrons. The van der Waals surface area contributed by atoms with Crippen LogP contribution in [0.1, 0.15) is 40.9 Å². The molecule has 20 heavy (non-hydrogen) atoms. The highest BCUT2D eigenvalue weighted by Crippen LogP contribution is 2.19. The molecule has 1 aliphatic rings. The molecular formula is C13H13F2NO4. The number of rotatable bonds is 5. The maximum atomic E-state index is 12.0. The number of alkyl halides is 2. The lowest BCUT2D eigenvalue weighted by atomic mass is 9.97. The molecule has 108 valence electrons. The SMILES string of the molecule is O=C1Cc2oc(=O)cc(CCCCC(F)F)c2C(=O)N1. The zero-order chi connectivity index (χ0) is 14.7. The van der Waals surface area contributed by atoms with Crippen LogP contribution < -0.4 is 10.9 Å². The second kappa shape index (κ2) is 5.94. The van der Waals surface area contributed by atoms with E-state index in [0.29, 0.717) is 24.8 Å². The van der Waals surface area contributed by atoms with Crippen LogP contribution in [0, 0.1) is 0 Å². The summed E-state index contributed by atoms with van der Waals surface area (Å²) in [4.78, 5) is 34.4. The zero-order valence-corrected chi connectivity index (χ0v) is 10.6. The molecule has 1 N–H and O–H groups in total. The van der Waals surface area contributed by atoms with Gasteiger partial charge in [0.1, 0.15) is 5.76 Å². The van der Waals surface area contributed by atoms with Crippen LogP contribution in [0.15, 0.2) is 15.3 Å². The smallest absolute Gasteiger partial charge is 0.336 e. The van der Waals surface area contributed by atoms with Crippen molar-refractivity contribution >= 4 is 11.8 Å². The molecule has 1 aromatic heterocycles. The van der Waals surface area contributed by atoms with Gasteiger partial charge in [-0.05, 0) is 24.8 Å². The van der Waals surface area contributed by atoms with Crippen molar-refractivity contribution in [3.05, 3.63) is 33.4 Å². The van der Waals surface area contributed by atoms with Crippen LogP contribution in [0.4, 0.5) is 8.78 Å². The van der Waals surface area contributed by atoms with E-state index in [-0.39, 0.29) is 24.2 Å². The summed E-state index contributed by atoms with van der Waals surface area (Å²) in [6, 6.07) is 1.18. The Kier molecular flexibility index (Phi) is 4.26. The maximum absolute atomic E-state index is 12.0. The van der Waals surface area contributed by atoms with E-state index in [9.17, 15) is 23.2 Å². The topological polar surface area (TPSA) is 76.4 Å². The molecule has 0 spiro atoms. The highest BCUT2D eigenvalue weighted by molar-refractivity contribution is 6.09. The van der Waals surface area contributed by atoms with E-state index in [0.717, 1.165) is 0 Å². The third-order valence-corrected chi connectivity index (χ3v) is 3.04. The predicted molar refractivity (Wildman–Crippen MR) is 64.7 cm³/mol. The Morgan fingerprint density at radius 2 is 2.00 bits per heavy atom. The Hall–Kier alpha value is -2.05. The summed E-state index contributed by atoms with van der Waals surface area (Å²) >= 11 is 0. The summed E-state index contributed by atoms with van der Waals surface area (Å²) in [5.41, 5.74) is -0.0214. The van der Waals surface area contributed by atoms with E-state index in [1.807, 2.05) is 0 Å². The molecular weight excluding hydrogens is 272 g/mol. The van der Waals surface area contributed by atoms with E-state index in [4.69, 9.17) is 4.42 Å². The first-order chi connectivity index (χ1) is 9.47. The van der Waals surface area contributed by atoms with Crippen LogP contribution in [-0.2, 0) is 17.6 Å². The third-order valence-electron chi connectivity index (χ3n) is 3.04. The number of amides is 2. The first-order valence-electron chi connectivity index (χ1n) is 6.25. The van der Waals surface area contributed by atoms with E-state index < -0.39 is 23.9 Å². The van der Waals surface area contributed by atoms with E-state index >= 15 is 0 Å². The van der Waals surface area contributed by atoms with Gasteiger partial charge < -0.3 is 4.42 Å². The zero-order valence-electron chi connectivity index (χ0n) is 10.6. The first-order valence-corrected chi connectivity index (χ1v) is 6.25. The summed E-state index contributed by atoms with van der Waals surface area (Å²) in [5, 5.41) is 2.14. The molecule has 0 bridgehead atoms. The molecule has 0 aliphatic carbocycles. The van der Waals surface area contributed by atoms with Gasteiger partial charge in [0.05, 0.1) is 12.0 Å². The van der Waals surface area contributed by atoms with Gasteiger partial charge in [-0.15, -0.1) is 0 Å². The van der Waals surface area contributed by atoms with E-state index in [1.165, 1.54) is 6.07 Å². The van der Waals surface area contributed by atoms with Crippen molar-refractivity contribution in [1.29, 1.82) is 0 Å². The number of hydrogen-bond acceptors (Lipinski definition) is 4. The summed E-state index contributed by atoms with van der Waals surface area (Å²) in [7, 11) is 0. The minimum absolute atomic E-state index is 0.0510. The number of carbonyl (C=O) groups excluding carboxylic acids is 2. The Morgan fingerprint density at radius 3 is 2.70 bits per heavy atom. The number of unbranched alkanes of at least 4 members (excludes halogenated alkanes) is 1. The molecule has 0 saturated carbocycles. The fourth-order valence-electron chi connectivity index (χ4n) is 2.18. The molecule has 0 saturated heterocycles. The largest absolute Gasteiger partial charge is 0.426 e. The monoisotopic (exact) mass is 285 g/mol. The molecule has 2 heterocycles. The summed E-state index contributed by atoms with van der Waals surface area (Å²) < 4.78 is 28.9. The van der Waals surface area contributed by atoms with Gasteiger partial charge in [-0.1, -0.05) is 0 Å². The highest BCUT2D eigenvalue weighted by Gasteiger charge is 2.27. The Labute approximate surface area is 113 Å². The normalized spacial score (nSPS) is 14.3. The van der Waals surface area contributed by atoms with Crippen molar-refractivity contribution < 1.29 is 22.8 Å². The van der Waals surface area contributed by atoms with E-state index in [1.54, 1.807) is 0 Å². The van der Waals surface area contributed by atoms with Crippen LogP contribution in [0.5, 0.6) is 0 Å². The van der Waals surface area contributed by atoms with Crippen molar-refractivity contribution in [3.63, 3.8) is 0 Å². The van der Waals surface area contributed by atoms with E-state index in [2.05, 4.69) is 5.32 Å². The number of aryl methyl sites for hydroxylation is 1. The lowest BCUT2D eigenvalue weighted by Crippen LogP contribution is -2.38. The molecule has 0 fully saturated rings. The molecule has 0 atom stereocenters. The second-order valence-corrected chi connectivity index (χ2v) is 4.58. The lowest BCUT2D eigenvalue weighted by Gasteiger charge is -2.16. The first kappa shape index (κ1) is 14.4. The molecule has 1 aliphatic heterocycles. The average Bonchev–Trinajstić information content (AvgIpc) is 2.32. The minimum Gasteiger partial charge on any atom is -0.426 e. The van der Waals surface area contributed by atoms with Crippen molar-refractivity contribution in [2.75, 3.05) is 0 Å². The van der Waals surface area contributed by atoms with Crippen LogP contribution in [0.2, 0.25) is 0 Å². The Bertz CT molecular complexity index is 595. The Balaban J connectivity index is 2.19. The molecule has 5 nitrogen and oxygen atoms in total. The minimum atomic E-state index is -2.36. The highest BCUT2D eigenvalue weighted by atomic mass is 19.3. The standard InChI is InChI=1S/C13H13F2NO4/c14-9(15)4-2-1-3-7-5-11(18)20-8-6-10(17)16-13(19)12(7)8/h5,9H,1-4,6H2,(H,16,17,19). The maximum Gasteiger partial charge on any atom is 0.336 e. The Morgan fingerprint density at radius 1 is 1.25 bits per heavy atom. The number of fused-ring (bicyclic) bond motifs is 1. The number of carbonyl (C=O) groups is 2. The molecule has 7 heteroatoms. The molecule has 0 unspecified atom stereocenters. The van der Waals surface area contributed by atoms with Gasteiger partial charge in [-0.25, -0.2) is 13.6 Å². The predicted octanol–water partition coefficient (Wildman–Crippen LogP) is 1.43. The van der Waals surface area contributed by atoms with Crippen LogP contribution in [0.3, 0.4) is 0 Å². The lowest BCUT2D eigenvalue weighted by molar-refractivity contribution is -0.120. The van der Waals surface area contributed by atoms with Gasteiger partial charge in [0.2, 0.25) is 12.3 Å². The van der Waals surface area contributed by atoms with Gasteiger partial charge in [-0.2, -0.15) is 0 Å². The quantitative estimate of drug-likeness (QED) is 0.656. The van der Waals surface area contributed by atoms with Crippen molar-refractivity contribution in [2.45, 2.75) is 38.5 Å². The molecule has 1 aromatic rings. The molecule has 2 rings (SSSR count). The number of hydrogen-bond donors (Lipinski definition) is 1. The summed E-state index contributed by atoms with van der Waals surface area (Å²) in [6.45, 7) is 0. The fourth-order valence-corrected chi connectivity index (χ4v) is 2.18. The van der Waals surface area contributed by atoms with Crippen LogP contribution in [0.25, 0.3) is 0 Å². The van der Waals surface area contributed by atoms with Gasteiger partial charge in [0.25, 0.3) is 5.91 Å². The van der Waals surface area contributed by atoms with Crippen molar-refractivity contribution in [3.8, 4) is 0 Å². The number of halogens is 2. The second-order valence-electron chi connectivity index (χ2n) is 4.58. The van der Waals surface area contributed by atoms with Gasteiger partial charge in [-0.3, -0.25) is 14.9 Å². The third kappa shape index (κ3) is 3.28. The van der Waals surface area contributed by atoms with Gasteiger partial charge in [0, 0.05) is 12.5 Å². The fraction of sp³-hybridized carbons (Fsp3) is 0.462.